The average Bonchev–Trinajstić information content (AvgIpc) is 2.32. The van der Waals surface area contributed by atoms with Crippen LogP contribution in [-0.4, -0.2) is 5.55 Å². The van der Waals surface area contributed by atoms with Gasteiger partial charge in [0.1, 0.15) is 0 Å². The number of aryl methyl sites for hydroxylation is 1. The predicted octanol–water partition coefficient (Wildman–Crippen LogP) is 4.34. The van der Waals surface area contributed by atoms with Crippen LogP contribution in [0.1, 0.15) is 31.4 Å². The Labute approximate surface area is 96.1 Å². The maximum absolute atomic E-state index is 7.02. The van der Waals surface area contributed by atoms with Crippen LogP contribution in [0, 0.1) is 5.41 Å². The van der Waals surface area contributed by atoms with Crippen molar-refractivity contribution in [3.63, 3.8) is 0 Å². The van der Waals surface area contributed by atoms with Gasteiger partial charge in [0.05, 0.1) is 5.55 Å². The molecule has 1 N–H and O–H groups in total. The lowest BCUT2D eigenvalue weighted by molar-refractivity contribution is 0.974. The molecule has 0 aromatic heterocycles. The largest absolute Gasteiger partial charge is 0.302 e. The highest BCUT2D eigenvalue weighted by atomic mass is 32.2. The maximum atomic E-state index is 7.02. The van der Waals surface area contributed by atoms with E-state index in [1.807, 2.05) is 13.8 Å². The fraction of sp³-hybridized carbons (Fsp3) is 0.308. The van der Waals surface area contributed by atoms with Crippen molar-refractivity contribution >= 4 is 23.4 Å². The van der Waals surface area contributed by atoms with Gasteiger partial charge >= 0.3 is 0 Å². The van der Waals surface area contributed by atoms with Crippen LogP contribution in [0.15, 0.2) is 29.2 Å². The van der Waals surface area contributed by atoms with Crippen LogP contribution in [0.4, 0.5) is 0 Å². The highest BCUT2D eigenvalue weighted by molar-refractivity contribution is 8.15. The zero-order chi connectivity index (χ0) is 11.1. The van der Waals surface area contributed by atoms with E-state index in [9.17, 15) is 0 Å². The summed E-state index contributed by atoms with van der Waals surface area (Å²) in [5, 5.41) is 7.02. The molecule has 0 radical (unpaired) electrons. The first-order valence-corrected chi connectivity index (χ1v) is 6.22. The Bertz CT molecular complexity index is 355. The van der Waals surface area contributed by atoms with Gasteiger partial charge in [-0.15, -0.1) is 0 Å². The molecular formula is C13H17NS. The van der Waals surface area contributed by atoms with Gasteiger partial charge in [-0.3, -0.25) is 0 Å². The number of hydrogen-bond donors (Lipinski definition) is 1. The average molecular weight is 219 g/mol. The fourth-order valence-electron chi connectivity index (χ4n) is 1.57. The molecule has 1 nitrogen and oxygen atoms in total. The molecule has 0 fully saturated rings. The van der Waals surface area contributed by atoms with Gasteiger partial charge < -0.3 is 5.41 Å². The standard InChI is InChI=1S/C11H11NS.C2H6/c12-8-13-11-6-5-9-3-1-2-4-10(9)7-11;1-2/h1-4,7-8,12H,5-6H2;1-2H3. The Balaban J connectivity index is 0.000000531. The summed E-state index contributed by atoms with van der Waals surface area (Å²) < 4.78 is 0. The topological polar surface area (TPSA) is 23.9 Å². The van der Waals surface area contributed by atoms with E-state index in [0.717, 1.165) is 12.8 Å². The van der Waals surface area contributed by atoms with Crippen molar-refractivity contribution < 1.29 is 0 Å². The number of benzene rings is 1. The minimum Gasteiger partial charge on any atom is -0.302 e. The summed E-state index contributed by atoms with van der Waals surface area (Å²) in [7, 11) is 0. The molecule has 2 heteroatoms. The molecule has 0 unspecified atom stereocenters. The van der Waals surface area contributed by atoms with E-state index in [1.54, 1.807) is 0 Å². The summed E-state index contributed by atoms with van der Waals surface area (Å²) in [6.45, 7) is 4.00. The molecule has 0 aliphatic heterocycles. The second-order valence-corrected chi connectivity index (χ2v) is 4.04. The van der Waals surface area contributed by atoms with E-state index >= 15 is 0 Å². The quantitative estimate of drug-likeness (QED) is 0.580. The highest BCUT2D eigenvalue weighted by Gasteiger charge is 2.08. The lowest BCUT2D eigenvalue weighted by Gasteiger charge is -2.13. The van der Waals surface area contributed by atoms with Crippen molar-refractivity contribution in [1.29, 1.82) is 5.41 Å². The molecule has 0 saturated carbocycles. The van der Waals surface area contributed by atoms with E-state index < -0.39 is 0 Å². The molecule has 1 aliphatic carbocycles. The Kier molecular flexibility index (Phi) is 5.19. The van der Waals surface area contributed by atoms with Crippen LogP contribution in [-0.2, 0) is 6.42 Å². The first-order valence-electron chi connectivity index (χ1n) is 5.34. The van der Waals surface area contributed by atoms with Crippen LogP contribution in [0.3, 0.4) is 0 Å². The number of fused-ring (bicyclic) bond motifs is 1. The van der Waals surface area contributed by atoms with E-state index in [4.69, 9.17) is 5.41 Å². The van der Waals surface area contributed by atoms with Crippen molar-refractivity contribution in [2.45, 2.75) is 26.7 Å². The van der Waals surface area contributed by atoms with Gasteiger partial charge in [-0.1, -0.05) is 49.9 Å². The highest BCUT2D eigenvalue weighted by Crippen LogP contribution is 2.29. The third kappa shape index (κ3) is 3.24. The van der Waals surface area contributed by atoms with Crippen molar-refractivity contribution in [2.75, 3.05) is 0 Å². The van der Waals surface area contributed by atoms with Crippen molar-refractivity contribution in [3.8, 4) is 0 Å². The Morgan fingerprint density at radius 1 is 1.20 bits per heavy atom. The number of hydrogen-bond acceptors (Lipinski definition) is 2. The number of allylic oxidation sites excluding steroid dienone is 1. The minimum absolute atomic E-state index is 1.08. The van der Waals surface area contributed by atoms with E-state index in [-0.39, 0.29) is 0 Å². The van der Waals surface area contributed by atoms with E-state index in [0.29, 0.717) is 0 Å². The maximum Gasteiger partial charge on any atom is 0.0551 e. The summed E-state index contributed by atoms with van der Waals surface area (Å²) in [6, 6.07) is 8.46. The minimum atomic E-state index is 1.08. The second-order valence-electron chi connectivity index (χ2n) is 3.05. The summed E-state index contributed by atoms with van der Waals surface area (Å²) in [5.74, 6) is 0. The fourth-order valence-corrected chi connectivity index (χ4v) is 2.14. The van der Waals surface area contributed by atoms with Gasteiger partial charge in [0.15, 0.2) is 0 Å². The summed E-state index contributed by atoms with van der Waals surface area (Å²) >= 11 is 1.52. The molecule has 2 rings (SSSR count). The molecule has 1 aromatic rings. The first-order chi connectivity index (χ1) is 7.40. The number of nitrogens with one attached hydrogen (secondary N) is 1. The van der Waals surface area contributed by atoms with Gasteiger partial charge in [0.2, 0.25) is 0 Å². The molecular weight excluding hydrogens is 202 g/mol. The zero-order valence-corrected chi connectivity index (χ0v) is 10.1. The van der Waals surface area contributed by atoms with Crippen LogP contribution < -0.4 is 0 Å². The molecule has 0 heterocycles. The van der Waals surface area contributed by atoms with Crippen molar-refractivity contribution in [3.05, 3.63) is 40.3 Å². The summed E-state index contributed by atoms with van der Waals surface area (Å²) in [6.07, 6.45) is 4.38. The SMILES string of the molecule is CC.N=CSC1=Cc2ccccc2CC1. The lowest BCUT2D eigenvalue weighted by atomic mass is 9.98. The molecule has 0 saturated heterocycles. The van der Waals surface area contributed by atoms with E-state index in [2.05, 4.69) is 30.3 Å². The Morgan fingerprint density at radius 2 is 1.93 bits per heavy atom. The smallest absolute Gasteiger partial charge is 0.0551 e. The van der Waals surface area contributed by atoms with Crippen molar-refractivity contribution in [1.82, 2.24) is 0 Å². The van der Waals surface area contributed by atoms with E-state index in [1.165, 1.54) is 33.3 Å². The second kappa shape index (κ2) is 6.46. The third-order valence-corrected chi connectivity index (χ3v) is 2.97. The molecule has 15 heavy (non-hydrogen) atoms. The normalized spacial score (nSPS) is 13.1. The summed E-state index contributed by atoms with van der Waals surface area (Å²) in [4.78, 5) is 1.30. The molecule has 0 amide bonds. The third-order valence-electron chi connectivity index (χ3n) is 2.22. The number of rotatable bonds is 2. The Morgan fingerprint density at radius 3 is 2.67 bits per heavy atom. The van der Waals surface area contributed by atoms with Crippen LogP contribution >= 0.6 is 11.8 Å². The molecule has 80 valence electrons. The molecule has 0 bridgehead atoms. The zero-order valence-electron chi connectivity index (χ0n) is 9.29. The summed E-state index contributed by atoms with van der Waals surface area (Å²) in [5.41, 5.74) is 4.15. The first kappa shape index (κ1) is 12.1. The number of thioether (sulfide) groups is 1. The predicted molar refractivity (Wildman–Crippen MR) is 70.5 cm³/mol. The van der Waals surface area contributed by atoms with Gasteiger partial charge in [-0.05, 0) is 34.9 Å². The van der Waals surface area contributed by atoms with Gasteiger partial charge in [0.25, 0.3) is 0 Å². The Hall–Kier alpha value is -1.02. The molecule has 1 aliphatic rings. The van der Waals surface area contributed by atoms with Crippen LogP contribution in [0.25, 0.3) is 6.08 Å². The molecule has 0 spiro atoms. The monoisotopic (exact) mass is 219 g/mol. The van der Waals surface area contributed by atoms with Crippen LogP contribution in [0.5, 0.6) is 0 Å². The van der Waals surface area contributed by atoms with Gasteiger partial charge in [0, 0.05) is 0 Å². The van der Waals surface area contributed by atoms with Gasteiger partial charge in [-0.2, -0.15) is 0 Å². The molecule has 1 aromatic carbocycles. The van der Waals surface area contributed by atoms with Gasteiger partial charge in [-0.25, -0.2) is 0 Å². The lowest BCUT2D eigenvalue weighted by Crippen LogP contribution is -1.96. The van der Waals surface area contributed by atoms with Crippen LogP contribution in [0.2, 0.25) is 0 Å². The molecule has 0 atom stereocenters. The van der Waals surface area contributed by atoms with Crippen molar-refractivity contribution in [2.24, 2.45) is 0 Å².